The summed E-state index contributed by atoms with van der Waals surface area (Å²) in [5.41, 5.74) is -0.0864. The molecular weight excluding hydrogens is 360 g/mol. The number of fused-ring (bicyclic) bond motifs is 1. The normalized spacial score (nSPS) is 23.5. The fraction of sp³-hybridized carbons (Fsp3) is 0.474. The van der Waals surface area contributed by atoms with E-state index < -0.39 is 11.7 Å². The van der Waals surface area contributed by atoms with Gasteiger partial charge in [-0.15, -0.1) is 0 Å². The van der Waals surface area contributed by atoms with Gasteiger partial charge in [0, 0.05) is 43.6 Å². The Bertz CT molecular complexity index is 810. The first kappa shape index (κ1) is 18.2. The molecule has 2 aliphatic heterocycles. The molecule has 0 aliphatic carbocycles. The van der Waals surface area contributed by atoms with Crippen LogP contribution in [0.3, 0.4) is 0 Å². The summed E-state index contributed by atoms with van der Waals surface area (Å²) in [6.07, 6.45) is 1.55. The Labute approximate surface area is 154 Å². The van der Waals surface area contributed by atoms with Crippen LogP contribution in [0.15, 0.2) is 36.8 Å². The summed E-state index contributed by atoms with van der Waals surface area (Å²) in [4.78, 5) is 12.1. The molecule has 2 fully saturated rings. The predicted molar refractivity (Wildman–Crippen MR) is 92.6 cm³/mol. The summed E-state index contributed by atoms with van der Waals surface area (Å²) in [5.74, 6) is 0.510. The maximum absolute atomic E-state index is 13.9. The van der Waals surface area contributed by atoms with E-state index in [9.17, 15) is 17.6 Å². The second kappa shape index (κ2) is 7.07. The molecule has 0 saturated carbocycles. The van der Waals surface area contributed by atoms with Gasteiger partial charge in [0.2, 0.25) is 0 Å². The first-order chi connectivity index (χ1) is 12.9. The molecule has 2 aromatic rings. The molecule has 2 aromatic heterocycles. The fourth-order valence-electron chi connectivity index (χ4n) is 4.15. The number of hydrogen-bond acceptors (Lipinski definition) is 4. The van der Waals surface area contributed by atoms with E-state index in [1.165, 1.54) is 12.4 Å². The van der Waals surface area contributed by atoms with Gasteiger partial charge in [-0.2, -0.15) is 13.2 Å². The largest absolute Gasteiger partial charge is 0.416 e. The molecule has 2 atom stereocenters. The van der Waals surface area contributed by atoms with Crippen molar-refractivity contribution in [3.63, 3.8) is 0 Å². The molecular formula is C19H20F4N4. The minimum Gasteiger partial charge on any atom is -0.355 e. The van der Waals surface area contributed by atoms with E-state index >= 15 is 0 Å². The topological polar surface area (TPSA) is 32.3 Å². The molecule has 2 aliphatic rings. The zero-order valence-corrected chi connectivity index (χ0v) is 14.7. The first-order valence-electron chi connectivity index (χ1n) is 9.02. The smallest absolute Gasteiger partial charge is 0.355 e. The van der Waals surface area contributed by atoms with Crippen LogP contribution >= 0.6 is 0 Å². The lowest BCUT2D eigenvalue weighted by Gasteiger charge is -2.39. The molecule has 2 unspecified atom stereocenters. The molecule has 4 nitrogen and oxygen atoms in total. The maximum Gasteiger partial charge on any atom is 0.416 e. The standard InChI is InChI=1S/C19H20F4N4/c20-16-10-24-5-1-14(16)11-26-7-3-13-4-8-27(12-17(13)26)18-9-15(2-6-25-18)19(21,22)23/h1-2,5-6,9-10,13,17H,3-4,7-8,11-12H2. The molecule has 4 rings (SSSR count). The maximum atomic E-state index is 13.9. The molecule has 0 spiro atoms. The molecule has 144 valence electrons. The SMILES string of the molecule is Fc1cnccc1CN1CCC2CCN(c3cc(C(F)(F)F)ccn3)CC21. The fourth-order valence-corrected chi connectivity index (χ4v) is 4.15. The van der Waals surface area contributed by atoms with Gasteiger partial charge in [0.25, 0.3) is 0 Å². The van der Waals surface area contributed by atoms with Crippen LogP contribution in [0.2, 0.25) is 0 Å². The molecule has 27 heavy (non-hydrogen) atoms. The summed E-state index contributed by atoms with van der Waals surface area (Å²) >= 11 is 0. The van der Waals surface area contributed by atoms with Crippen molar-refractivity contribution in [2.45, 2.75) is 31.6 Å². The second-order valence-corrected chi connectivity index (χ2v) is 7.19. The number of rotatable bonds is 3. The third-order valence-electron chi connectivity index (χ3n) is 5.60. The predicted octanol–water partition coefficient (Wildman–Crippen LogP) is 3.74. The Morgan fingerprint density at radius 2 is 1.93 bits per heavy atom. The van der Waals surface area contributed by atoms with Crippen LogP contribution in [0.1, 0.15) is 24.0 Å². The lowest BCUT2D eigenvalue weighted by molar-refractivity contribution is -0.137. The summed E-state index contributed by atoms with van der Waals surface area (Å²) in [5, 5.41) is 0. The van der Waals surface area contributed by atoms with Crippen LogP contribution in [0, 0.1) is 11.7 Å². The minimum absolute atomic E-state index is 0.183. The van der Waals surface area contributed by atoms with Gasteiger partial charge >= 0.3 is 6.18 Å². The van der Waals surface area contributed by atoms with Crippen LogP contribution < -0.4 is 4.90 Å². The number of halogens is 4. The van der Waals surface area contributed by atoms with Crippen molar-refractivity contribution in [2.75, 3.05) is 24.5 Å². The van der Waals surface area contributed by atoms with Crippen molar-refractivity contribution in [1.82, 2.24) is 14.9 Å². The number of piperidine rings is 1. The van der Waals surface area contributed by atoms with Crippen LogP contribution in [0.5, 0.6) is 0 Å². The zero-order valence-electron chi connectivity index (χ0n) is 14.7. The van der Waals surface area contributed by atoms with E-state index in [1.807, 2.05) is 4.90 Å². The molecule has 0 amide bonds. The van der Waals surface area contributed by atoms with Crippen molar-refractivity contribution in [1.29, 1.82) is 0 Å². The van der Waals surface area contributed by atoms with Crippen molar-refractivity contribution in [2.24, 2.45) is 5.92 Å². The van der Waals surface area contributed by atoms with E-state index in [0.717, 1.165) is 31.5 Å². The summed E-state index contributed by atoms with van der Waals surface area (Å²) < 4.78 is 52.9. The van der Waals surface area contributed by atoms with Gasteiger partial charge in [0.1, 0.15) is 11.6 Å². The summed E-state index contributed by atoms with van der Waals surface area (Å²) in [6, 6.07) is 3.96. The quantitative estimate of drug-likeness (QED) is 0.760. The highest BCUT2D eigenvalue weighted by molar-refractivity contribution is 5.43. The van der Waals surface area contributed by atoms with E-state index in [-0.39, 0.29) is 11.9 Å². The third-order valence-corrected chi connectivity index (χ3v) is 5.60. The van der Waals surface area contributed by atoms with Gasteiger partial charge in [-0.1, -0.05) is 0 Å². The number of likely N-dealkylation sites (tertiary alicyclic amines) is 1. The Morgan fingerprint density at radius 3 is 2.70 bits per heavy atom. The van der Waals surface area contributed by atoms with Crippen LogP contribution in [-0.4, -0.2) is 40.5 Å². The zero-order chi connectivity index (χ0) is 19.0. The van der Waals surface area contributed by atoms with E-state index in [4.69, 9.17) is 0 Å². The highest BCUT2D eigenvalue weighted by Crippen LogP contribution is 2.36. The molecule has 0 aromatic carbocycles. The van der Waals surface area contributed by atoms with Gasteiger partial charge in [0.05, 0.1) is 11.8 Å². The highest BCUT2D eigenvalue weighted by Gasteiger charge is 2.39. The Morgan fingerprint density at radius 1 is 1.11 bits per heavy atom. The van der Waals surface area contributed by atoms with Crippen molar-refractivity contribution in [3.05, 3.63) is 53.7 Å². The van der Waals surface area contributed by atoms with Crippen molar-refractivity contribution >= 4 is 5.82 Å². The molecule has 2 saturated heterocycles. The van der Waals surface area contributed by atoms with Crippen molar-refractivity contribution < 1.29 is 17.6 Å². The number of hydrogen-bond donors (Lipinski definition) is 0. The third kappa shape index (κ3) is 3.76. The van der Waals surface area contributed by atoms with E-state index in [1.54, 1.807) is 12.3 Å². The number of nitrogens with zero attached hydrogens (tertiary/aromatic N) is 4. The molecule has 0 N–H and O–H groups in total. The second-order valence-electron chi connectivity index (χ2n) is 7.19. The van der Waals surface area contributed by atoms with Crippen LogP contribution in [0.4, 0.5) is 23.4 Å². The number of anilines is 1. The Kier molecular flexibility index (Phi) is 4.75. The van der Waals surface area contributed by atoms with E-state index in [0.29, 0.717) is 36.9 Å². The molecule has 8 heteroatoms. The highest BCUT2D eigenvalue weighted by atomic mass is 19.4. The Balaban J connectivity index is 1.51. The van der Waals surface area contributed by atoms with Crippen LogP contribution in [0.25, 0.3) is 0 Å². The number of pyridine rings is 2. The minimum atomic E-state index is -4.38. The number of alkyl halides is 3. The molecule has 0 bridgehead atoms. The van der Waals surface area contributed by atoms with Gasteiger partial charge < -0.3 is 4.90 Å². The monoisotopic (exact) mass is 380 g/mol. The van der Waals surface area contributed by atoms with Gasteiger partial charge in [0.15, 0.2) is 0 Å². The van der Waals surface area contributed by atoms with Gasteiger partial charge in [-0.3, -0.25) is 9.88 Å². The lowest BCUT2D eigenvalue weighted by atomic mass is 9.92. The molecule has 4 heterocycles. The van der Waals surface area contributed by atoms with Crippen LogP contribution in [-0.2, 0) is 12.7 Å². The average Bonchev–Trinajstić information content (AvgIpc) is 3.05. The lowest BCUT2D eigenvalue weighted by Crippen LogP contribution is -2.48. The Hall–Kier alpha value is -2.22. The van der Waals surface area contributed by atoms with Crippen molar-refractivity contribution in [3.8, 4) is 0 Å². The average molecular weight is 380 g/mol. The first-order valence-corrected chi connectivity index (χ1v) is 9.02. The van der Waals surface area contributed by atoms with Gasteiger partial charge in [-0.05, 0) is 43.5 Å². The molecule has 0 radical (unpaired) electrons. The summed E-state index contributed by atoms with van der Waals surface area (Å²) in [6.45, 7) is 2.64. The van der Waals surface area contributed by atoms with E-state index in [2.05, 4.69) is 14.9 Å². The van der Waals surface area contributed by atoms with Gasteiger partial charge in [-0.25, -0.2) is 9.37 Å². The summed E-state index contributed by atoms with van der Waals surface area (Å²) in [7, 11) is 0. The number of aromatic nitrogens is 2.